The van der Waals surface area contributed by atoms with Crippen LogP contribution < -0.4 is 5.32 Å². The van der Waals surface area contributed by atoms with Gasteiger partial charge in [0.2, 0.25) is 10.0 Å². The molecule has 0 spiro atoms. The lowest BCUT2D eigenvalue weighted by Gasteiger charge is -2.26. The summed E-state index contributed by atoms with van der Waals surface area (Å²) in [5.74, 6) is -2.33. The van der Waals surface area contributed by atoms with Crippen LogP contribution in [0.15, 0.2) is 41.3 Å². The lowest BCUT2D eigenvalue weighted by Crippen LogP contribution is -2.36. The van der Waals surface area contributed by atoms with Crippen molar-refractivity contribution in [2.75, 3.05) is 18.4 Å². The van der Waals surface area contributed by atoms with E-state index < -0.39 is 27.6 Å². The van der Waals surface area contributed by atoms with Crippen molar-refractivity contribution >= 4 is 21.6 Å². The quantitative estimate of drug-likeness (QED) is 0.860. The maximum absolute atomic E-state index is 13.7. The molecule has 27 heavy (non-hydrogen) atoms. The molecule has 1 saturated heterocycles. The molecule has 0 atom stereocenters. The molecule has 2 aromatic carbocycles. The predicted molar refractivity (Wildman–Crippen MR) is 98.1 cm³/mol. The monoisotopic (exact) mass is 394 g/mol. The summed E-state index contributed by atoms with van der Waals surface area (Å²) >= 11 is 0. The third kappa shape index (κ3) is 4.17. The number of carbonyl (C=O) groups is 1. The van der Waals surface area contributed by atoms with E-state index in [0.717, 1.165) is 31.4 Å². The van der Waals surface area contributed by atoms with Crippen molar-refractivity contribution in [3.63, 3.8) is 0 Å². The molecule has 1 fully saturated rings. The molecule has 8 heteroatoms. The van der Waals surface area contributed by atoms with Gasteiger partial charge in [-0.3, -0.25) is 4.79 Å². The molecule has 3 rings (SSSR count). The van der Waals surface area contributed by atoms with Gasteiger partial charge in [0.25, 0.3) is 5.91 Å². The van der Waals surface area contributed by atoms with E-state index >= 15 is 0 Å². The summed E-state index contributed by atoms with van der Waals surface area (Å²) in [6.07, 6.45) is 2.61. The van der Waals surface area contributed by atoms with Gasteiger partial charge < -0.3 is 5.32 Å². The van der Waals surface area contributed by atoms with Crippen molar-refractivity contribution in [1.29, 1.82) is 0 Å². The summed E-state index contributed by atoms with van der Waals surface area (Å²) in [5.41, 5.74) is 0.437. The number of anilines is 1. The van der Waals surface area contributed by atoms with Crippen molar-refractivity contribution in [1.82, 2.24) is 4.31 Å². The zero-order valence-corrected chi connectivity index (χ0v) is 15.7. The van der Waals surface area contributed by atoms with Crippen molar-refractivity contribution in [2.24, 2.45) is 0 Å². The molecule has 0 unspecified atom stereocenters. The topological polar surface area (TPSA) is 66.5 Å². The van der Waals surface area contributed by atoms with E-state index in [0.29, 0.717) is 24.7 Å². The Hall–Kier alpha value is -2.32. The number of hydrogen-bond donors (Lipinski definition) is 1. The smallest absolute Gasteiger partial charge is 0.255 e. The molecule has 144 valence electrons. The van der Waals surface area contributed by atoms with Crippen LogP contribution in [0.25, 0.3) is 0 Å². The highest BCUT2D eigenvalue weighted by Gasteiger charge is 2.28. The summed E-state index contributed by atoms with van der Waals surface area (Å²) in [6.45, 7) is 2.58. The highest BCUT2D eigenvalue weighted by atomic mass is 32.2. The number of nitrogens with zero attached hydrogens (tertiary/aromatic N) is 1. The Bertz CT molecular complexity index is 971. The van der Waals surface area contributed by atoms with E-state index in [9.17, 15) is 22.0 Å². The lowest BCUT2D eigenvalue weighted by molar-refractivity contribution is 0.102. The summed E-state index contributed by atoms with van der Waals surface area (Å²) < 4.78 is 54.0. The first-order valence-corrected chi connectivity index (χ1v) is 10.1. The number of carbonyl (C=O) groups excluding carboxylic acids is 1. The second kappa shape index (κ2) is 7.74. The Kier molecular flexibility index (Phi) is 5.57. The van der Waals surface area contributed by atoms with Crippen LogP contribution in [0.4, 0.5) is 14.5 Å². The fraction of sp³-hybridized carbons (Fsp3) is 0.316. The van der Waals surface area contributed by atoms with Crippen LogP contribution in [0.5, 0.6) is 0 Å². The number of rotatable bonds is 4. The van der Waals surface area contributed by atoms with E-state index in [1.165, 1.54) is 16.4 Å². The maximum Gasteiger partial charge on any atom is 0.255 e. The molecule has 1 amide bonds. The molecule has 1 aliphatic heterocycles. The van der Waals surface area contributed by atoms with Crippen molar-refractivity contribution in [2.45, 2.75) is 31.1 Å². The average molecular weight is 394 g/mol. The van der Waals surface area contributed by atoms with Gasteiger partial charge in [-0.25, -0.2) is 17.2 Å². The predicted octanol–water partition coefficient (Wildman–Crippen LogP) is 3.70. The number of halogens is 2. The standard InChI is InChI=1S/C19H20F2N2O3S/c1-13-5-6-14(19(24)22-17-8-7-15(20)12-16(17)21)11-18(13)27(25,26)23-9-3-2-4-10-23/h5-8,11-12H,2-4,9-10H2,1H3,(H,22,24). The molecular formula is C19H20F2N2O3S. The lowest BCUT2D eigenvalue weighted by atomic mass is 10.1. The normalized spacial score (nSPS) is 15.5. The van der Waals surface area contributed by atoms with Crippen LogP contribution in [-0.2, 0) is 10.0 Å². The minimum atomic E-state index is -3.71. The largest absolute Gasteiger partial charge is 0.319 e. The van der Waals surface area contributed by atoms with Gasteiger partial charge in [0.05, 0.1) is 10.6 Å². The number of nitrogens with one attached hydrogen (secondary N) is 1. The Morgan fingerprint density at radius 1 is 1.04 bits per heavy atom. The Labute approximate surface area is 157 Å². The third-order valence-electron chi connectivity index (χ3n) is 4.56. The van der Waals surface area contributed by atoms with E-state index in [-0.39, 0.29) is 16.1 Å². The minimum absolute atomic E-state index is 0.0663. The number of piperidine rings is 1. The van der Waals surface area contributed by atoms with E-state index in [1.807, 2.05) is 0 Å². The van der Waals surface area contributed by atoms with Crippen LogP contribution >= 0.6 is 0 Å². The summed E-state index contributed by atoms with van der Waals surface area (Å²) in [7, 11) is -3.71. The zero-order valence-electron chi connectivity index (χ0n) is 14.8. The molecule has 0 radical (unpaired) electrons. The molecule has 0 aliphatic carbocycles. The fourth-order valence-corrected chi connectivity index (χ4v) is 4.82. The minimum Gasteiger partial charge on any atom is -0.319 e. The number of amides is 1. The maximum atomic E-state index is 13.7. The molecular weight excluding hydrogens is 374 g/mol. The first-order valence-electron chi connectivity index (χ1n) is 8.66. The molecule has 2 aromatic rings. The molecule has 1 heterocycles. The average Bonchev–Trinajstić information content (AvgIpc) is 2.65. The van der Waals surface area contributed by atoms with Gasteiger partial charge in [-0.1, -0.05) is 12.5 Å². The van der Waals surface area contributed by atoms with Gasteiger partial charge in [0.15, 0.2) is 0 Å². The van der Waals surface area contributed by atoms with Gasteiger partial charge >= 0.3 is 0 Å². The number of hydrogen-bond acceptors (Lipinski definition) is 3. The molecule has 1 N–H and O–H groups in total. The first-order chi connectivity index (χ1) is 12.8. The first kappa shape index (κ1) is 19.4. The summed E-state index contributed by atoms with van der Waals surface area (Å²) in [4.78, 5) is 12.5. The molecule has 0 bridgehead atoms. The van der Waals surface area contributed by atoms with Gasteiger partial charge in [0.1, 0.15) is 11.6 Å². The molecule has 0 aromatic heterocycles. The second-order valence-electron chi connectivity index (χ2n) is 6.52. The van der Waals surface area contributed by atoms with Crippen molar-refractivity contribution in [3.05, 3.63) is 59.2 Å². The van der Waals surface area contributed by atoms with E-state index in [2.05, 4.69) is 5.32 Å². The highest BCUT2D eigenvalue weighted by Crippen LogP contribution is 2.25. The molecule has 5 nitrogen and oxygen atoms in total. The summed E-state index contributed by atoms with van der Waals surface area (Å²) in [5, 5.41) is 2.34. The third-order valence-corrected chi connectivity index (χ3v) is 6.60. The molecule has 1 aliphatic rings. The highest BCUT2D eigenvalue weighted by molar-refractivity contribution is 7.89. The van der Waals surface area contributed by atoms with Gasteiger partial charge in [-0.05, 0) is 49.6 Å². The van der Waals surface area contributed by atoms with Crippen LogP contribution in [0.1, 0.15) is 35.2 Å². The Balaban J connectivity index is 1.89. The SMILES string of the molecule is Cc1ccc(C(=O)Nc2ccc(F)cc2F)cc1S(=O)(=O)N1CCCCC1. The number of sulfonamides is 1. The van der Waals surface area contributed by atoms with Crippen molar-refractivity contribution in [3.8, 4) is 0 Å². The van der Waals surface area contributed by atoms with Gasteiger partial charge in [0, 0.05) is 24.7 Å². The Morgan fingerprint density at radius 3 is 2.41 bits per heavy atom. The van der Waals surface area contributed by atoms with Crippen LogP contribution in [0, 0.1) is 18.6 Å². The van der Waals surface area contributed by atoms with Gasteiger partial charge in [-0.15, -0.1) is 0 Å². The van der Waals surface area contributed by atoms with E-state index in [4.69, 9.17) is 0 Å². The number of benzene rings is 2. The van der Waals surface area contributed by atoms with E-state index in [1.54, 1.807) is 13.0 Å². The van der Waals surface area contributed by atoms with Crippen LogP contribution in [-0.4, -0.2) is 31.7 Å². The van der Waals surface area contributed by atoms with Crippen molar-refractivity contribution < 1.29 is 22.0 Å². The summed E-state index contributed by atoms with van der Waals surface area (Å²) in [6, 6.07) is 7.13. The second-order valence-corrected chi connectivity index (χ2v) is 8.43. The Morgan fingerprint density at radius 2 is 1.74 bits per heavy atom. The fourth-order valence-electron chi connectivity index (χ4n) is 3.05. The van der Waals surface area contributed by atoms with Crippen LogP contribution in [0.3, 0.4) is 0 Å². The zero-order chi connectivity index (χ0) is 19.6. The number of aryl methyl sites for hydroxylation is 1. The van der Waals surface area contributed by atoms with Crippen LogP contribution in [0.2, 0.25) is 0 Å². The molecule has 0 saturated carbocycles. The van der Waals surface area contributed by atoms with Gasteiger partial charge in [-0.2, -0.15) is 4.31 Å².